The number of aromatic nitrogens is 2. The van der Waals surface area contributed by atoms with E-state index in [2.05, 4.69) is 9.55 Å². The third kappa shape index (κ3) is 3.97. The fourth-order valence-corrected chi connectivity index (χ4v) is 3.77. The van der Waals surface area contributed by atoms with E-state index in [0.717, 1.165) is 28.1 Å². The van der Waals surface area contributed by atoms with Crippen LogP contribution in [0.4, 0.5) is 0 Å². The molecule has 31 heavy (non-hydrogen) atoms. The van der Waals surface area contributed by atoms with Crippen molar-refractivity contribution in [3.63, 3.8) is 0 Å². The second-order valence-electron chi connectivity index (χ2n) is 7.37. The van der Waals surface area contributed by atoms with Gasteiger partial charge in [-0.1, -0.05) is 18.2 Å². The highest BCUT2D eigenvalue weighted by atomic mass is 16.5. The molecule has 1 amide bonds. The number of imidazole rings is 1. The molecule has 0 N–H and O–H groups in total. The number of rotatable bonds is 6. The van der Waals surface area contributed by atoms with Gasteiger partial charge in [0.05, 0.1) is 25.3 Å². The molecule has 3 aromatic carbocycles. The summed E-state index contributed by atoms with van der Waals surface area (Å²) in [5.41, 5.74) is 4.32. The average molecular weight is 415 g/mol. The highest BCUT2D eigenvalue weighted by Crippen LogP contribution is 2.27. The Balaban J connectivity index is 1.61. The van der Waals surface area contributed by atoms with E-state index in [4.69, 9.17) is 9.47 Å². The second-order valence-corrected chi connectivity index (χ2v) is 7.37. The number of fused-ring (bicyclic) bond motifs is 1. The Morgan fingerprint density at radius 1 is 1.00 bits per heavy atom. The minimum Gasteiger partial charge on any atom is -0.497 e. The van der Waals surface area contributed by atoms with Gasteiger partial charge in [-0.25, -0.2) is 4.98 Å². The van der Waals surface area contributed by atoms with Crippen LogP contribution in [0.25, 0.3) is 16.7 Å². The predicted octanol–water partition coefficient (Wildman–Crippen LogP) is 4.62. The smallest absolute Gasteiger partial charge is 0.253 e. The fourth-order valence-electron chi connectivity index (χ4n) is 3.77. The molecule has 0 aliphatic rings. The lowest BCUT2D eigenvalue weighted by atomic mass is 10.1. The van der Waals surface area contributed by atoms with E-state index >= 15 is 0 Å². The van der Waals surface area contributed by atoms with Gasteiger partial charge in [0.25, 0.3) is 5.91 Å². The molecule has 1 aromatic heterocycles. The first-order chi connectivity index (χ1) is 15.0. The maximum absolute atomic E-state index is 13.1. The largest absolute Gasteiger partial charge is 0.497 e. The summed E-state index contributed by atoms with van der Waals surface area (Å²) in [6.45, 7) is 2.39. The van der Waals surface area contributed by atoms with Crippen LogP contribution in [0.5, 0.6) is 11.5 Å². The molecule has 158 valence electrons. The molecule has 0 bridgehead atoms. The minimum absolute atomic E-state index is 0.0771. The topological polar surface area (TPSA) is 56.6 Å². The molecule has 6 nitrogen and oxygen atoms in total. The van der Waals surface area contributed by atoms with Crippen molar-refractivity contribution in [3.05, 3.63) is 83.7 Å². The Morgan fingerprint density at radius 3 is 2.48 bits per heavy atom. The first kappa shape index (κ1) is 20.5. The number of benzene rings is 3. The first-order valence-electron chi connectivity index (χ1n) is 10.0. The van der Waals surface area contributed by atoms with Crippen molar-refractivity contribution >= 4 is 16.9 Å². The molecule has 6 heteroatoms. The van der Waals surface area contributed by atoms with E-state index in [1.54, 1.807) is 26.2 Å². The molecule has 0 saturated carbocycles. The van der Waals surface area contributed by atoms with Crippen LogP contribution >= 0.6 is 0 Å². The molecule has 0 spiro atoms. The van der Waals surface area contributed by atoms with E-state index in [9.17, 15) is 4.79 Å². The first-order valence-corrected chi connectivity index (χ1v) is 10.0. The Hall–Kier alpha value is -3.80. The summed E-state index contributed by atoms with van der Waals surface area (Å²) >= 11 is 0. The second kappa shape index (κ2) is 8.52. The number of para-hydroxylation sites is 1. The van der Waals surface area contributed by atoms with Gasteiger partial charge in [0.15, 0.2) is 0 Å². The summed E-state index contributed by atoms with van der Waals surface area (Å²) in [5.74, 6) is 2.20. The lowest BCUT2D eigenvalue weighted by molar-refractivity contribution is 0.0784. The number of carbonyl (C=O) groups is 1. The summed E-state index contributed by atoms with van der Waals surface area (Å²) in [4.78, 5) is 19.5. The number of aryl methyl sites for hydroxylation is 1. The van der Waals surface area contributed by atoms with Gasteiger partial charge in [-0.15, -0.1) is 0 Å². The van der Waals surface area contributed by atoms with Crippen LogP contribution in [0.15, 0.2) is 66.7 Å². The van der Waals surface area contributed by atoms with Crippen LogP contribution in [-0.2, 0) is 6.54 Å². The normalized spacial score (nSPS) is 10.8. The van der Waals surface area contributed by atoms with Crippen LogP contribution in [0.1, 0.15) is 21.7 Å². The maximum Gasteiger partial charge on any atom is 0.253 e. The molecule has 0 saturated heterocycles. The highest BCUT2D eigenvalue weighted by molar-refractivity contribution is 5.97. The van der Waals surface area contributed by atoms with Crippen LogP contribution in [0.2, 0.25) is 0 Å². The van der Waals surface area contributed by atoms with Crippen LogP contribution in [0.3, 0.4) is 0 Å². The number of carbonyl (C=O) groups excluding carboxylic acids is 1. The maximum atomic E-state index is 13.1. The van der Waals surface area contributed by atoms with Crippen molar-refractivity contribution in [1.29, 1.82) is 0 Å². The SMILES string of the molecule is COc1ccc(CN(C)C(=O)c2ccc3c(c2)nc(C)n3-c2ccccc2)c(OC)c1. The van der Waals surface area contributed by atoms with Crippen molar-refractivity contribution in [1.82, 2.24) is 14.5 Å². The van der Waals surface area contributed by atoms with Crippen LogP contribution in [0, 0.1) is 6.92 Å². The van der Waals surface area contributed by atoms with Gasteiger partial charge in [-0.3, -0.25) is 9.36 Å². The molecule has 0 aliphatic heterocycles. The number of ether oxygens (including phenoxy) is 2. The van der Waals surface area contributed by atoms with Crippen LogP contribution in [-0.4, -0.2) is 41.6 Å². The molecule has 4 aromatic rings. The third-order valence-corrected chi connectivity index (χ3v) is 5.33. The Morgan fingerprint density at radius 2 is 1.77 bits per heavy atom. The van der Waals surface area contributed by atoms with Gasteiger partial charge in [0.2, 0.25) is 0 Å². The zero-order valence-electron chi connectivity index (χ0n) is 18.1. The zero-order chi connectivity index (χ0) is 22.0. The number of hydrogen-bond acceptors (Lipinski definition) is 4. The van der Waals surface area contributed by atoms with E-state index in [0.29, 0.717) is 23.6 Å². The summed E-state index contributed by atoms with van der Waals surface area (Å²) in [5, 5.41) is 0. The van der Waals surface area contributed by atoms with Crippen LogP contribution < -0.4 is 9.47 Å². The van der Waals surface area contributed by atoms with Gasteiger partial charge in [0.1, 0.15) is 17.3 Å². The van der Waals surface area contributed by atoms with Crippen molar-refractivity contribution in [3.8, 4) is 17.2 Å². The van der Waals surface area contributed by atoms with E-state index in [1.807, 2.05) is 73.7 Å². The molecular formula is C25H25N3O3. The molecule has 0 fully saturated rings. The Bertz CT molecular complexity index is 1230. The summed E-state index contributed by atoms with van der Waals surface area (Å²) < 4.78 is 12.8. The van der Waals surface area contributed by atoms with E-state index < -0.39 is 0 Å². The molecule has 1 heterocycles. The van der Waals surface area contributed by atoms with E-state index in [-0.39, 0.29) is 5.91 Å². The van der Waals surface area contributed by atoms with Crippen molar-refractivity contribution in [2.75, 3.05) is 21.3 Å². The van der Waals surface area contributed by atoms with Gasteiger partial charge < -0.3 is 14.4 Å². The van der Waals surface area contributed by atoms with Crippen molar-refractivity contribution in [2.24, 2.45) is 0 Å². The fraction of sp³-hybridized carbons (Fsp3) is 0.200. The summed E-state index contributed by atoms with van der Waals surface area (Å²) in [6, 6.07) is 21.3. The molecule has 0 unspecified atom stereocenters. The van der Waals surface area contributed by atoms with Gasteiger partial charge >= 0.3 is 0 Å². The Labute approximate surface area is 181 Å². The summed E-state index contributed by atoms with van der Waals surface area (Å²) in [7, 11) is 5.00. The molecule has 4 rings (SSSR count). The zero-order valence-corrected chi connectivity index (χ0v) is 18.1. The number of methoxy groups -OCH3 is 2. The summed E-state index contributed by atoms with van der Waals surface area (Å²) in [6.07, 6.45) is 0. The average Bonchev–Trinajstić information content (AvgIpc) is 3.14. The molecular weight excluding hydrogens is 390 g/mol. The van der Waals surface area contributed by atoms with Gasteiger partial charge in [-0.05, 0) is 49.4 Å². The quantitative estimate of drug-likeness (QED) is 0.461. The number of hydrogen-bond donors (Lipinski definition) is 0. The highest BCUT2D eigenvalue weighted by Gasteiger charge is 2.17. The van der Waals surface area contributed by atoms with E-state index in [1.165, 1.54) is 0 Å². The standard InChI is InChI=1S/C25H25N3O3/c1-17-26-22-14-18(11-13-23(22)28(17)20-8-6-5-7-9-20)25(29)27(2)16-19-10-12-21(30-3)15-24(19)31-4/h5-15H,16H2,1-4H3. The van der Waals surface area contributed by atoms with Crippen molar-refractivity contribution < 1.29 is 14.3 Å². The number of amides is 1. The Kier molecular flexibility index (Phi) is 5.62. The monoisotopic (exact) mass is 415 g/mol. The molecule has 0 aliphatic carbocycles. The van der Waals surface area contributed by atoms with Crippen molar-refractivity contribution in [2.45, 2.75) is 13.5 Å². The number of nitrogens with zero attached hydrogens (tertiary/aromatic N) is 3. The minimum atomic E-state index is -0.0771. The molecule has 0 radical (unpaired) electrons. The molecule has 0 atom stereocenters. The predicted molar refractivity (Wildman–Crippen MR) is 121 cm³/mol. The lowest BCUT2D eigenvalue weighted by Gasteiger charge is -2.19. The van der Waals surface area contributed by atoms with Gasteiger partial charge in [-0.2, -0.15) is 0 Å². The third-order valence-electron chi connectivity index (χ3n) is 5.33. The van der Waals surface area contributed by atoms with Gasteiger partial charge in [0, 0.05) is 36.5 Å². The lowest BCUT2D eigenvalue weighted by Crippen LogP contribution is -2.26.